The van der Waals surface area contributed by atoms with Gasteiger partial charge in [0.1, 0.15) is 12.4 Å². The van der Waals surface area contributed by atoms with Gasteiger partial charge in [0.25, 0.3) is 0 Å². The molecule has 1 aromatic heterocycles. The Balaban J connectivity index is 2.01. The van der Waals surface area contributed by atoms with Gasteiger partial charge in [-0.2, -0.15) is 0 Å². The van der Waals surface area contributed by atoms with Gasteiger partial charge in [-0.3, -0.25) is 0 Å². The van der Waals surface area contributed by atoms with E-state index in [-0.39, 0.29) is 18.2 Å². The number of ether oxygens (including phenoxy) is 2. The number of halogens is 1. The molecule has 0 aliphatic heterocycles. The highest BCUT2D eigenvalue weighted by Crippen LogP contribution is 2.41. The molecule has 0 bridgehead atoms. The number of hydrogen-bond acceptors (Lipinski definition) is 5. The van der Waals surface area contributed by atoms with Crippen LogP contribution >= 0.6 is 39.0 Å². The minimum Gasteiger partial charge on any atom is -0.497 e. The molecule has 25 heavy (non-hydrogen) atoms. The molecule has 1 amide bonds. The Kier molecular flexibility index (Phi) is 6.82. The molecule has 0 saturated heterocycles. The number of carbonyl (C=O) groups is 1. The van der Waals surface area contributed by atoms with Crippen molar-refractivity contribution in [3.05, 3.63) is 39.7 Å². The Hall–Kier alpha value is -1.18. The normalized spacial score (nSPS) is 11.3. The zero-order chi connectivity index (χ0) is 18.6. The third-order valence-corrected chi connectivity index (χ3v) is 7.02. The molecule has 136 valence electrons. The second-order valence-corrected chi connectivity index (χ2v) is 9.75. The number of rotatable bonds is 5. The summed E-state index contributed by atoms with van der Waals surface area (Å²) in [6.45, 7) is 6.18. The van der Waals surface area contributed by atoms with Gasteiger partial charge in [-0.1, -0.05) is 17.8 Å². The van der Waals surface area contributed by atoms with Crippen LogP contribution in [0.25, 0.3) is 0 Å². The van der Waals surface area contributed by atoms with E-state index < -0.39 is 0 Å². The predicted octanol–water partition coefficient (Wildman–Crippen LogP) is 6.04. The van der Waals surface area contributed by atoms with Crippen LogP contribution in [0.5, 0.6) is 5.75 Å². The van der Waals surface area contributed by atoms with Crippen molar-refractivity contribution in [3.63, 3.8) is 0 Å². The predicted molar refractivity (Wildman–Crippen MR) is 107 cm³/mol. The van der Waals surface area contributed by atoms with Crippen LogP contribution in [-0.4, -0.2) is 30.7 Å². The van der Waals surface area contributed by atoms with Crippen molar-refractivity contribution in [1.29, 1.82) is 0 Å². The Bertz CT molecular complexity index is 740. The van der Waals surface area contributed by atoms with Crippen molar-refractivity contribution in [1.82, 2.24) is 4.90 Å². The first-order chi connectivity index (χ1) is 11.7. The molecule has 0 N–H and O–H groups in total. The molecule has 0 spiro atoms. The van der Waals surface area contributed by atoms with Gasteiger partial charge in [0.2, 0.25) is 0 Å². The van der Waals surface area contributed by atoms with Gasteiger partial charge in [-0.15, -0.1) is 11.3 Å². The van der Waals surface area contributed by atoms with E-state index in [4.69, 9.17) is 9.47 Å². The van der Waals surface area contributed by atoms with Crippen LogP contribution in [0.1, 0.15) is 25.6 Å². The smallest absolute Gasteiger partial charge is 0.410 e. The standard InChI is InChI=1S/C18H22BrNO3S2/c1-18(2,3)20(4)17(21)23-11-14-10-15(19)16(25-14)24-13-8-6-7-12(9-13)22-5/h6-10H,11H2,1-5H3. The van der Waals surface area contributed by atoms with Crippen molar-refractivity contribution in [2.75, 3.05) is 14.2 Å². The van der Waals surface area contributed by atoms with Crippen molar-refractivity contribution >= 4 is 45.1 Å². The van der Waals surface area contributed by atoms with Gasteiger partial charge < -0.3 is 14.4 Å². The molecule has 0 aliphatic carbocycles. The summed E-state index contributed by atoms with van der Waals surface area (Å²) >= 11 is 6.84. The van der Waals surface area contributed by atoms with Gasteiger partial charge in [0, 0.05) is 26.8 Å². The molecule has 2 aromatic rings. The summed E-state index contributed by atoms with van der Waals surface area (Å²) in [4.78, 5) is 15.8. The zero-order valence-electron chi connectivity index (χ0n) is 15.0. The van der Waals surface area contributed by atoms with Gasteiger partial charge >= 0.3 is 6.09 Å². The fraction of sp³-hybridized carbons (Fsp3) is 0.389. The summed E-state index contributed by atoms with van der Waals surface area (Å²) in [5.41, 5.74) is -0.263. The maximum Gasteiger partial charge on any atom is 0.410 e. The molecule has 0 fully saturated rings. The lowest BCUT2D eigenvalue weighted by atomic mass is 10.1. The first kappa shape index (κ1) is 20.1. The largest absolute Gasteiger partial charge is 0.497 e. The van der Waals surface area contributed by atoms with Crippen molar-refractivity contribution in [2.45, 2.75) is 42.0 Å². The van der Waals surface area contributed by atoms with E-state index in [1.54, 1.807) is 42.2 Å². The number of carbonyl (C=O) groups excluding carboxylic acids is 1. The Morgan fingerprint density at radius 3 is 2.68 bits per heavy atom. The second kappa shape index (κ2) is 8.47. The van der Waals surface area contributed by atoms with Crippen LogP contribution in [-0.2, 0) is 11.3 Å². The fourth-order valence-electron chi connectivity index (χ4n) is 1.81. The molecule has 7 heteroatoms. The number of amides is 1. The molecular formula is C18H22BrNO3S2. The van der Waals surface area contributed by atoms with E-state index in [0.717, 1.165) is 24.2 Å². The highest BCUT2D eigenvalue weighted by atomic mass is 79.9. The average Bonchev–Trinajstić information content (AvgIpc) is 2.91. The molecule has 0 saturated carbocycles. The minimum absolute atomic E-state index is 0.263. The quantitative estimate of drug-likeness (QED) is 0.564. The molecular weight excluding hydrogens is 422 g/mol. The first-order valence-corrected chi connectivity index (χ1v) is 10.1. The van der Waals surface area contributed by atoms with E-state index >= 15 is 0 Å². The van der Waals surface area contributed by atoms with Crippen LogP contribution < -0.4 is 4.74 Å². The first-order valence-electron chi connectivity index (χ1n) is 7.71. The highest BCUT2D eigenvalue weighted by Gasteiger charge is 2.23. The third-order valence-electron chi connectivity index (χ3n) is 3.58. The monoisotopic (exact) mass is 443 g/mol. The van der Waals surface area contributed by atoms with E-state index in [2.05, 4.69) is 15.9 Å². The molecule has 0 radical (unpaired) electrons. The van der Waals surface area contributed by atoms with Crippen molar-refractivity contribution in [2.24, 2.45) is 0 Å². The van der Waals surface area contributed by atoms with E-state index in [0.29, 0.717) is 0 Å². The number of nitrogens with zero attached hydrogens (tertiary/aromatic N) is 1. The van der Waals surface area contributed by atoms with Gasteiger partial charge in [-0.05, 0) is 61.0 Å². The number of benzene rings is 1. The van der Waals surface area contributed by atoms with Crippen LogP contribution in [0.2, 0.25) is 0 Å². The fourth-order valence-corrected chi connectivity index (χ4v) is 4.88. The van der Waals surface area contributed by atoms with Crippen molar-refractivity contribution < 1.29 is 14.3 Å². The van der Waals surface area contributed by atoms with Gasteiger partial charge in [-0.25, -0.2) is 4.79 Å². The minimum atomic E-state index is -0.320. The maximum absolute atomic E-state index is 12.1. The van der Waals surface area contributed by atoms with Gasteiger partial charge in [0.15, 0.2) is 0 Å². The molecule has 0 aliphatic rings. The number of hydrogen-bond donors (Lipinski definition) is 0. The van der Waals surface area contributed by atoms with Crippen molar-refractivity contribution in [3.8, 4) is 5.75 Å². The summed E-state index contributed by atoms with van der Waals surface area (Å²) < 4.78 is 12.8. The average molecular weight is 444 g/mol. The van der Waals surface area contributed by atoms with Gasteiger partial charge in [0.05, 0.1) is 11.3 Å². The number of thiophene rings is 1. The zero-order valence-corrected chi connectivity index (χ0v) is 18.2. The molecule has 4 nitrogen and oxygen atoms in total. The molecule has 2 rings (SSSR count). The lowest BCUT2D eigenvalue weighted by Gasteiger charge is -2.30. The van der Waals surface area contributed by atoms with Crippen LogP contribution in [0, 0.1) is 0 Å². The summed E-state index contributed by atoms with van der Waals surface area (Å²) in [6.07, 6.45) is -0.320. The lowest BCUT2D eigenvalue weighted by Crippen LogP contribution is -2.42. The molecule has 0 atom stereocenters. The second-order valence-electron chi connectivity index (χ2n) is 6.41. The summed E-state index contributed by atoms with van der Waals surface area (Å²) in [6, 6.07) is 9.92. The molecule has 0 unspecified atom stereocenters. The lowest BCUT2D eigenvalue weighted by molar-refractivity contribution is 0.0766. The Morgan fingerprint density at radius 1 is 1.32 bits per heavy atom. The number of methoxy groups -OCH3 is 1. The molecule has 1 heterocycles. The van der Waals surface area contributed by atoms with E-state index in [1.807, 2.05) is 51.1 Å². The van der Waals surface area contributed by atoms with E-state index in [1.165, 1.54) is 0 Å². The molecule has 1 aromatic carbocycles. The van der Waals surface area contributed by atoms with E-state index in [9.17, 15) is 4.79 Å². The van der Waals surface area contributed by atoms with Crippen LogP contribution in [0.4, 0.5) is 4.79 Å². The Labute approximate surface area is 165 Å². The SMILES string of the molecule is COc1cccc(Sc2sc(COC(=O)N(C)C(C)(C)C)cc2Br)c1. The topological polar surface area (TPSA) is 38.8 Å². The maximum atomic E-state index is 12.1. The van der Waals surface area contributed by atoms with Crippen LogP contribution in [0.3, 0.4) is 0 Å². The summed E-state index contributed by atoms with van der Waals surface area (Å²) in [7, 11) is 3.41. The Morgan fingerprint density at radius 2 is 2.04 bits per heavy atom. The van der Waals surface area contributed by atoms with Crippen LogP contribution in [0.15, 0.2) is 43.9 Å². The third kappa shape index (κ3) is 5.66. The summed E-state index contributed by atoms with van der Waals surface area (Å²) in [5, 5.41) is 0. The summed E-state index contributed by atoms with van der Waals surface area (Å²) in [5.74, 6) is 0.831. The highest BCUT2D eigenvalue weighted by molar-refractivity contribution is 9.10.